The number of nitro groups is 1. The number of carbonyl (C=O) groups is 1. The van der Waals surface area contributed by atoms with Gasteiger partial charge >= 0.3 is 0 Å². The van der Waals surface area contributed by atoms with E-state index in [0.29, 0.717) is 39.5 Å². The van der Waals surface area contributed by atoms with Crippen molar-refractivity contribution in [3.05, 3.63) is 93.8 Å². The minimum Gasteiger partial charge on any atom is -0.497 e. The fourth-order valence-corrected chi connectivity index (χ4v) is 4.51. The summed E-state index contributed by atoms with van der Waals surface area (Å²) in [6.45, 7) is 0.0576. The molecule has 38 heavy (non-hydrogen) atoms. The van der Waals surface area contributed by atoms with Crippen LogP contribution in [-0.2, 0) is 12.3 Å². The summed E-state index contributed by atoms with van der Waals surface area (Å²) in [5, 5.41) is 23.2. The van der Waals surface area contributed by atoms with Gasteiger partial charge in [-0.1, -0.05) is 23.9 Å². The fourth-order valence-electron chi connectivity index (χ4n) is 3.60. The van der Waals surface area contributed by atoms with Crippen molar-refractivity contribution in [1.29, 1.82) is 0 Å². The maximum absolute atomic E-state index is 12.9. The zero-order chi connectivity index (χ0) is 27.1. The van der Waals surface area contributed by atoms with Gasteiger partial charge in [-0.25, -0.2) is 0 Å². The molecular weight excluding hydrogens is 510 g/mol. The Morgan fingerprint density at radius 2 is 1.63 bits per heavy atom. The lowest BCUT2D eigenvalue weighted by molar-refractivity contribution is -0.384. The van der Waals surface area contributed by atoms with E-state index in [-0.39, 0.29) is 18.1 Å². The summed E-state index contributed by atoms with van der Waals surface area (Å²) in [4.78, 5) is 23.6. The second kappa shape index (κ2) is 12.1. The summed E-state index contributed by atoms with van der Waals surface area (Å²) in [5.41, 5.74) is 1.97. The Morgan fingerprint density at radius 1 is 0.947 bits per heavy atom. The summed E-state index contributed by atoms with van der Waals surface area (Å²) in [6, 6.07) is 18.6. The number of nitro benzene ring substituents is 1. The van der Waals surface area contributed by atoms with E-state index < -0.39 is 4.92 Å². The highest BCUT2D eigenvalue weighted by Gasteiger charge is 2.18. The summed E-state index contributed by atoms with van der Waals surface area (Å²) < 4.78 is 17.6. The standard InChI is InChI=1S/C26H25N5O6S/c1-35-21-6-4-5-17(11-21)16-38-26-29-28-24(30(26)19-7-9-20(10-8-19)31(33)34)15-27-25(32)18-12-22(36-2)14-23(13-18)37-3/h4-14H,15-16H2,1-3H3,(H,27,32). The van der Waals surface area contributed by atoms with Gasteiger partial charge in [-0.15, -0.1) is 10.2 Å². The molecular formula is C26H25N5O6S. The van der Waals surface area contributed by atoms with Gasteiger partial charge in [-0.2, -0.15) is 0 Å². The number of aromatic nitrogens is 3. The highest BCUT2D eigenvalue weighted by molar-refractivity contribution is 7.98. The molecule has 4 rings (SSSR count). The predicted octanol–water partition coefficient (Wildman–Crippen LogP) is 4.42. The normalized spacial score (nSPS) is 10.6. The minimum atomic E-state index is -0.460. The quantitative estimate of drug-likeness (QED) is 0.168. The predicted molar refractivity (Wildman–Crippen MR) is 141 cm³/mol. The van der Waals surface area contributed by atoms with Crippen LogP contribution < -0.4 is 19.5 Å². The van der Waals surface area contributed by atoms with Crippen LogP contribution in [-0.4, -0.2) is 46.9 Å². The lowest BCUT2D eigenvalue weighted by Crippen LogP contribution is -2.24. The smallest absolute Gasteiger partial charge is 0.269 e. The number of ether oxygens (including phenoxy) is 3. The Bertz CT molecular complexity index is 1420. The average molecular weight is 536 g/mol. The zero-order valence-electron chi connectivity index (χ0n) is 20.9. The first-order valence-electron chi connectivity index (χ1n) is 11.4. The molecule has 4 aromatic rings. The van der Waals surface area contributed by atoms with Gasteiger partial charge in [0, 0.05) is 35.2 Å². The Morgan fingerprint density at radius 3 is 2.26 bits per heavy atom. The van der Waals surface area contributed by atoms with Crippen LogP contribution in [0.4, 0.5) is 5.69 Å². The van der Waals surface area contributed by atoms with Gasteiger partial charge in [0.1, 0.15) is 17.2 Å². The third kappa shape index (κ3) is 6.21. The maximum atomic E-state index is 12.9. The number of non-ortho nitro benzene ring substituents is 1. The van der Waals surface area contributed by atoms with Crippen LogP contribution >= 0.6 is 11.8 Å². The molecule has 11 nitrogen and oxygen atoms in total. The van der Waals surface area contributed by atoms with Gasteiger partial charge in [0.2, 0.25) is 0 Å². The van der Waals surface area contributed by atoms with Gasteiger partial charge in [-0.3, -0.25) is 19.5 Å². The SMILES string of the molecule is COc1cccc(CSc2nnc(CNC(=O)c3cc(OC)cc(OC)c3)n2-c2ccc([N+](=O)[O-])cc2)c1. The van der Waals surface area contributed by atoms with Crippen molar-refractivity contribution < 1.29 is 23.9 Å². The highest BCUT2D eigenvalue weighted by atomic mass is 32.2. The number of carbonyl (C=O) groups excluding carboxylic acids is 1. The van der Waals surface area contributed by atoms with Crippen molar-refractivity contribution in [2.75, 3.05) is 21.3 Å². The van der Waals surface area contributed by atoms with E-state index in [4.69, 9.17) is 14.2 Å². The van der Waals surface area contributed by atoms with Crippen molar-refractivity contribution in [3.63, 3.8) is 0 Å². The monoisotopic (exact) mass is 535 g/mol. The molecule has 1 amide bonds. The van der Waals surface area contributed by atoms with Crippen LogP contribution in [0.2, 0.25) is 0 Å². The third-order valence-electron chi connectivity index (χ3n) is 5.54. The molecule has 0 atom stereocenters. The number of nitrogens with one attached hydrogen (secondary N) is 1. The summed E-state index contributed by atoms with van der Waals surface area (Å²) in [6.07, 6.45) is 0. The molecule has 3 aromatic carbocycles. The Balaban J connectivity index is 1.60. The number of thioether (sulfide) groups is 1. The molecule has 1 aromatic heterocycles. The summed E-state index contributed by atoms with van der Waals surface area (Å²) in [7, 11) is 4.63. The summed E-state index contributed by atoms with van der Waals surface area (Å²) in [5.74, 6) is 2.40. The second-order valence-corrected chi connectivity index (χ2v) is 8.87. The van der Waals surface area contributed by atoms with Crippen molar-refractivity contribution in [1.82, 2.24) is 20.1 Å². The molecule has 0 aliphatic carbocycles. The van der Waals surface area contributed by atoms with E-state index in [0.717, 1.165) is 11.3 Å². The Kier molecular flexibility index (Phi) is 8.44. The first-order chi connectivity index (χ1) is 18.4. The molecule has 196 valence electrons. The number of amides is 1. The van der Waals surface area contributed by atoms with E-state index in [1.165, 1.54) is 38.1 Å². The van der Waals surface area contributed by atoms with Crippen LogP contribution in [0.25, 0.3) is 5.69 Å². The molecule has 0 spiro atoms. The first kappa shape index (κ1) is 26.5. The molecule has 0 unspecified atom stereocenters. The minimum absolute atomic E-state index is 0.0331. The van der Waals surface area contributed by atoms with Gasteiger partial charge in [0.25, 0.3) is 11.6 Å². The molecule has 0 bridgehead atoms. The molecule has 0 aliphatic rings. The number of methoxy groups -OCH3 is 3. The van der Waals surface area contributed by atoms with Gasteiger partial charge < -0.3 is 19.5 Å². The van der Waals surface area contributed by atoms with Crippen molar-refractivity contribution in [2.24, 2.45) is 0 Å². The number of nitrogens with zero attached hydrogens (tertiary/aromatic N) is 4. The van der Waals surface area contributed by atoms with Crippen molar-refractivity contribution in [2.45, 2.75) is 17.5 Å². The fraction of sp³-hybridized carbons (Fsp3) is 0.192. The molecule has 1 heterocycles. The average Bonchev–Trinajstić information content (AvgIpc) is 3.37. The third-order valence-corrected chi connectivity index (χ3v) is 6.54. The molecule has 0 fully saturated rings. The van der Waals surface area contributed by atoms with E-state index in [2.05, 4.69) is 15.5 Å². The molecule has 0 aliphatic heterocycles. The molecule has 1 N–H and O–H groups in total. The van der Waals surface area contributed by atoms with Gasteiger partial charge in [0.05, 0.1) is 32.8 Å². The van der Waals surface area contributed by atoms with E-state index in [1.54, 1.807) is 42.0 Å². The lowest BCUT2D eigenvalue weighted by Gasteiger charge is -2.12. The Hall–Kier alpha value is -4.58. The maximum Gasteiger partial charge on any atom is 0.269 e. The first-order valence-corrected chi connectivity index (χ1v) is 12.4. The lowest BCUT2D eigenvalue weighted by atomic mass is 10.2. The second-order valence-electron chi connectivity index (χ2n) is 7.93. The van der Waals surface area contributed by atoms with Crippen molar-refractivity contribution in [3.8, 4) is 22.9 Å². The van der Waals surface area contributed by atoms with E-state index >= 15 is 0 Å². The molecule has 0 radical (unpaired) electrons. The largest absolute Gasteiger partial charge is 0.497 e. The van der Waals surface area contributed by atoms with Crippen LogP contribution in [0.3, 0.4) is 0 Å². The van der Waals surface area contributed by atoms with Crippen LogP contribution in [0.1, 0.15) is 21.7 Å². The topological polar surface area (TPSA) is 131 Å². The number of rotatable bonds is 11. The van der Waals surface area contributed by atoms with E-state index in [9.17, 15) is 14.9 Å². The number of benzene rings is 3. The Labute approximate surface area is 222 Å². The molecule has 12 heteroatoms. The van der Waals surface area contributed by atoms with Gasteiger partial charge in [-0.05, 0) is 42.0 Å². The van der Waals surface area contributed by atoms with E-state index in [1.807, 2.05) is 24.3 Å². The van der Waals surface area contributed by atoms with Crippen LogP contribution in [0.15, 0.2) is 71.9 Å². The zero-order valence-corrected chi connectivity index (χ0v) is 21.7. The summed E-state index contributed by atoms with van der Waals surface area (Å²) >= 11 is 1.44. The van der Waals surface area contributed by atoms with Crippen LogP contribution in [0, 0.1) is 10.1 Å². The highest BCUT2D eigenvalue weighted by Crippen LogP contribution is 2.28. The number of hydrogen-bond donors (Lipinski definition) is 1. The van der Waals surface area contributed by atoms with Gasteiger partial charge in [0.15, 0.2) is 11.0 Å². The van der Waals surface area contributed by atoms with Crippen LogP contribution in [0.5, 0.6) is 17.2 Å². The molecule has 0 saturated heterocycles. The molecule has 0 saturated carbocycles. The van der Waals surface area contributed by atoms with Crippen molar-refractivity contribution >= 4 is 23.4 Å². The number of hydrogen-bond acceptors (Lipinski definition) is 9.